The van der Waals surface area contributed by atoms with Gasteiger partial charge in [0, 0.05) is 26.1 Å². The van der Waals surface area contributed by atoms with Crippen LogP contribution < -0.4 is 16.0 Å². The number of hydrogen-bond donors (Lipinski definition) is 3. The van der Waals surface area contributed by atoms with Crippen LogP contribution in [0, 0.1) is 11.8 Å². The molecule has 9 nitrogen and oxygen atoms in total. The van der Waals surface area contributed by atoms with Crippen LogP contribution in [0.15, 0.2) is 30.3 Å². The number of hydrogen-bond acceptors (Lipinski definition) is 6. The van der Waals surface area contributed by atoms with Gasteiger partial charge in [0.1, 0.15) is 0 Å². The average molecular weight is 464 g/mol. The summed E-state index contributed by atoms with van der Waals surface area (Å²) in [5.41, 5.74) is 0.990. The minimum Gasteiger partial charge on any atom is -0.450 e. The second-order valence-electron chi connectivity index (χ2n) is 8.26. The number of rotatable bonds is 12. The van der Waals surface area contributed by atoms with Crippen LogP contribution >= 0.6 is 0 Å². The van der Waals surface area contributed by atoms with Crippen molar-refractivity contribution in [2.75, 3.05) is 32.9 Å². The molecule has 0 heterocycles. The van der Waals surface area contributed by atoms with E-state index in [0.29, 0.717) is 44.5 Å². The van der Waals surface area contributed by atoms with Gasteiger partial charge in [-0.1, -0.05) is 43.7 Å². The quantitative estimate of drug-likeness (QED) is 0.319. The Morgan fingerprint density at radius 3 is 1.94 bits per heavy atom. The zero-order valence-electron chi connectivity index (χ0n) is 19.5. The smallest absolute Gasteiger partial charge is 0.407 e. The van der Waals surface area contributed by atoms with Crippen molar-refractivity contribution < 1.29 is 28.6 Å². The number of benzene rings is 1. The van der Waals surface area contributed by atoms with Crippen molar-refractivity contribution in [3.63, 3.8) is 0 Å². The molecule has 33 heavy (non-hydrogen) atoms. The molecule has 1 aliphatic rings. The van der Waals surface area contributed by atoms with Gasteiger partial charge in [-0.05, 0) is 43.1 Å². The standard InChI is InChI=1S/C24H37N3O6/c1-2-12-31-22(28)26-17-20-10-6-11-21(15-20)18-27-24(30)33-14-7-13-32-23(29)25-16-19-8-4-3-5-9-19/h3-5,8-9,20-21H,2,6-7,10-18H2,1H3,(H,25,29)(H,26,28)(H,27,30). The molecule has 0 saturated heterocycles. The molecule has 1 saturated carbocycles. The van der Waals surface area contributed by atoms with E-state index in [0.717, 1.165) is 37.7 Å². The Labute approximate surface area is 195 Å². The van der Waals surface area contributed by atoms with E-state index in [1.807, 2.05) is 37.3 Å². The van der Waals surface area contributed by atoms with Gasteiger partial charge in [-0.2, -0.15) is 0 Å². The first kappa shape index (κ1) is 26.3. The van der Waals surface area contributed by atoms with Crippen molar-refractivity contribution in [2.24, 2.45) is 11.8 Å². The summed E-state index contributed by atoms with van der Waals surface area (Å²) in [4.78, 5) is 35.2. The molecule has 184 valence electrons. The molecule has 9 heteroatoms. The van der Waals surface area contributed by atoms with Gasteiger partial charge in [0.2, 0.25) is 0 Å². The highest BCUT2D eigenvalue weighted by Gasteiger charge is 2.23. The molecule has 2 atom stereocenters. The number of nitrogens with one attached hydrogen (secondary N) is 3. The third-order valence-electron chi connectivity index (χ3n) is 5.43. The fourth-order valence-electron chi connectivity index (χ4n) is 3.74. The SMILES string of the molecule is CCCOC(=O)NCC1CCCC(CNC(=O)OCCCOC(=O)NCc2ccccc2)C1. The predicted molar refractivity (Wildman–Crippen MR) is 124 cm³/mol. The number of carbonyl (C=O) groups is 3. The summed E-state index contributed by atoms with van der Waals surface area (Å²) in [7, 11) is 0. The topological polar surface area (TPSA) is 115 Å². The fourth-order valence-corrected chi connectivity index (χ4v) is 3.74. The minimum atomic E-state index is -0.497. The molecule has 2 rings (SSSR count). The van der Waals surface area contributed by atoms with E-state index in [1.165, 1.54) is 0 Å². The van der Waals surface area contributed by atoms with E-state index >= 15 is 0 Å². The van der Waals surface area contributed by atoms with E-state index in [1.54, 1.807) is 0 Å². The Bertz CT molecular complexity index is 715. The molecule has 3 N–H and O–H groups in total. The molecule has 1 aromatic carbocycles. The van der Waals surface area contributed by atoms with Gasteiger partial charge in [0.05, 0.1) is 19.8 Å². The first-order chi connectivity index (χ1) is 16.1. The van der Waals surface area contributed by atoms with Gasteiger partial charge < -0.3 is 30.2 Å². The first-order valence-corrected chi connectivity index (χ1v) is 11.8. The Morgan fingerprint density at radius 1 is 0.818 bits per heavy atom. The van der Waals surface area contributed by atoms with Crippen LogP contribution in [0.25, 0.3) is 0 Å². The maximum atomic E-state index is 11.9. The van der Waals surface area contributed by atoms with E-state index in [4.69, 9.17) is 14.2 Å². The van der Waals surface area contributed by atoms with Crippen LogP contribution in [-0.4, -0.2) is 51.2 Å². The number of amides is 3. The molecule has 1 fully saturated rings. The summed E-state index contributed by atoms with van der Waals surface area (Å²) in [6, 6.07) is 9.56. The zero-order valence-corrected chi connectivity index (χ0v) is 19.5. The molecule has 0 spiro atoms. The molecular weight excluding hydrogens is 426 g/mol. The predicted octanol–water partition coefficient (Wildman–Crippen LogP) is 3.97. The maximum absolute atomic E-state index is 11.9. The molecule has 0 aromatic heterocycles. The van der Waals surface area contributed by atoms with E-state index in [-0.39, 0.29) is 19.3 Å². The lowest BCUT2D eigenvalue weighted by Crippen LogP contribution is -2.36. The van der Waals surface area contributed by atoms with Gasteiger partial charge in [-0.25, -0.2) is 14.4 Å². The zero-order chi connectivity index (χ0) is 23.7. The van der Waals surface area contributed by atoms with Gasteiger partial charge in [-0.3, -0.25) is 0 Å². The number of ether oxygens (including phenoxy) is 3. The third-order valence-corrected chi connectivity index (χ3v) is 5.43. The summed E-state index contributed by atoms with van der Waals surface area (Å²) in [6.45, 7) is 4.28. The Morgan fingerprint density at radius 2 is 1.36 bits per heavy atom. The van der Waals surface area contributed by atoms with E-state index in [2.05, 4.69) is 16.0 Å². The van der Waals surface area contributed by atoms with E-state index < -0.39 is 12.2 Å². The Kier molecular flexibility index (Phi) is 12.6. The van der Waals surface area contributed by atoms with Crippen LogP contribution in [0.2, 0.25) is 0 Å². The van der Waals surface area contributed by atoms with Crippen molar-refractivity contribution in [2.45, 2.75) is 52.0 Å². The summed E-state index contributed by atoms with van der Waals surface area (Å²) in [5, 5.41) is 8.31. The van der Waals surface area contributed by atoms with Crippen molar-refractivity contribution in [3.05, 3.63) is 35.9 Å². The first-order valence-electron chi connectivity index (χ1n) is 11.8. The monoisotopic (exact) mass is 463 g/mol. The highest BCUT2D eigenvalue weighted by atomic mass is 16.6. The van der Waals surface area contributed by atoms with Crippen LogP contribution in [0.3, 0.4) is 0 Å². The normalized spacial score (nSPS) is 17.5. The molecule has 1 aliphatic carbocycles. The minimum absolute atomic E-state index is 0.173. The van der Waals surface area contributed by atoms with Crippen LogP contribution in [0.1, 0.15) is 51.0 Å². The number of carbonyl (C=O) groups excluding carboxylic acids is 3. The fraction of sp³-hybridized carbons (Fsp3) is 0.625. The average Bonchev–Trinajstić information content (AvgIpc) is 2.84. The highest BCUT2D eigenvalue weighted by Crippen LogP contribution is 2.28. The molecule has 0 bridgehead atoms. The molecular formula is C24H37N3O6. The Balaban J connectivity index is 1.48. The van der Waals surface area contributed by atoms with Crippen LogP contribution in [0.5, 0.6) is 0 Å². The second kappa shape index (κ2) is 15.8. The summed E-state index contributed by atoms with van der Waals surface area (Å²) in [5.74, 6) is 0.752. The molecule has 0 aliphatic heterocycles. The van der Waals surface area contributed by atoms with Gasteiger partial charge in [0.25, 0.3) is 0 Å². The molecule has 1 aromatic rings. The Hall–Kier alpha value is -2.97. The maximum Gasteiger partial charge on any atom is 0.407 e. The lowest BCUT2D eigenvalue weighted by Gasteiger charge is -2.29. The largest absolute Gasteiger partial charge is 0.450 e. The van der Waals surface area contributed by atoms with Gasteiger partial charge >= 0.3 is 18.3 Å². The number of alkyl carbamates (subject to hydrolysis) is 3. The summed E-state index contributed by atoms with van der Waals surface area (Å²) < 4.78 is 15.3. The third kappa shape index (κ3) is 12.0. The lowest BCUT2D eigenvalue weighted by atomic mass is 9.81. The van der Waals surface area contributed by atoms with Crippen molar-refractivity contribution in [1.82, 2.24) is 16.0 Å². The summed E-state index contributed by atoms with van der Waals surface area (Å²) in [6.07, 6.45) is 4.03. The van der Waals surface area contributed by atoms with Crippen molar-refractivity contribution in [1.29, 1.82) is 0 Å². The van der Waals surface area contributed by atoms with Crippen LogP contribution in [-0.2, 0) is 20.8 Å². The van der Waals surface area contributed by atoms with Crippen molar-refractivity contribution in [3.8, 4) is 0 Å². The van der Waals surface area contributed by atoms with Crippen LogP contribution in [0.4, 0.5) is 14.4 Å². The van der Waals surface area contributed by atoms with Gasteiger partial charge in [0.15, 0.2) is 0 Å². The highest BCUT2D eigenvalue weighted by molar-refractivity contribution is 5.68. The van der Waals surface area contributed by atoms with E-state index in [9.17, 15) is 14.4 Å². The molecule has 0 radical (unpaired) electrons. The second-order valence-corrected chi connectivity index (χ2v) is 8.26. The lowest BCUT2D eigenvalue weighted by molar-refractivity contribution is 0.116. The summed E-state index contributed by atoms with van der Waals surface area (Å²) >= 11 is 0. The van der Waals surface area contributed by atoms with Crippen molar-refractivity contribution >= 4 is 18.3 Å². The van der Waals surface area contributed by atoms with Gasteiger partial charge in [-0.15, -0.1) is 0 Å². The molecule has 2 unspecified atom stereocenters. The molecule has 3 amide bonds.